The molecule has 5 rings (SSSR count). The first-order valence-corrected chi connectivity index (χ1v) is 10.3. The number of hydrogen-bond acceptors (Lipinski definition) is 7. The van der Waals surface area contributed by atoms with Crippen LogP contribution in [0.1, 0.15) is 21.6 Å². The van der Waals surface area contributed by atoms with Gasteiger partial charge < -0.3 is 20.7 Å². The Morgan fingerprint density at radius 1 is 1.12 bits per heavy atom. The monoisotopic (exact) mass is 429 g/mol. The fraction of sp³-hybridized carbons (Fsp3) is 0.217. The van der Waals surface area contributed by atoms with Gasteiger partial charge in [-0.2, -0.15) is 9.97 Å². The molecule has 162 valence electrons. The van der Waals surface area contributed by atoms with E-state index in [0.717, 1.165) is 35.7 Å². The predicted octanol–water partition coefficient (Wildman–Crippen LogP) is 2.53. The Kier molecular flexibility index (Phi) is 4.85. The Morgan fingerprint density at radius 3 is 2.69 bits per heavy atom. The second-order valence-corrected chi connectivity index (χ2v) is 7.65. The summed E-state index contributed by atoms with van der Waals surface area (Å²) in [5.74, 6) is 0.615. The van der Waals surface area contributed by atoms with Crippen molar-refractivity contribution in [3.63, 3.8) is 0 Å². The first-order valence-electron chi connectivity index (χ1n) is 10.3. The van der Waals surface area contributed by atoms with E-state index >= 15 is 0 Å². The Balaban J connectivity index is 1.65. The van der Waals surface area contributed by atoms with Crippen LogP contribution in [-0.2, 0) is 13.0 Å². The Hall–Kier alpha value is -4.14. The number of imidazole rings is 1. The molecule has 0 spiro atoms. The average Bonchev–Trinajstić information content (AvgIpc) is 3.38. The zero-order valence-electron chi connectivity index (χ0n) is 17.9. The lowest BCUT2D eigenvalue weighted by Gasteiger charge is -2.18. The number of hydrogen-bond donors (Lipinski definition) is 2. The van der Waals surface area contributed by atoms with Gasteiger partial charge in [-0.15, -0.1) is 0 Å². The number of nitrogens with one attached hydrogen (secondary N) is 1. The van der Waals surface area contributed by atoms with E-state index in [1.54, 1.807) is 16.7 Å². The lowest BCUT2D eigenvalue weighted by Crippen LogP contribution is -2.16. The van der Waals surface area contributed by atoms with E-state index in [0.29, 0.717) is 29.1 Å². The van der Waals surface area contributed by atoms with E-state index < -0.39 is 5.91 Å². The smallest absolute Gasteiger partial charge is 0.304 e. The first-order chi connectivity index (χ1) is 15.6. The zero-order chi connectivity index (χ0) is 22.2. The Labute approximate surface area is 184 Å². The van der Waals surface area contributed by atoms with Gasteiger partial charge in [-0.25, -0.2) is 9.55 Å². The molecule has 2 aromatic carbocycles. The van der Waals surface area contributed by atoms with Crippen molar-refractivity contribution >= 4 is 28.4 Å². The van der Waals surface area contributed by atoms with E-state index in [4.69, 9.17) is 20.4 Å². The van der Waals surface area contributed by atoms with Crippen LogP contribution in [0.2, 0.25) is 0 Å². The molecule has 0 fully saturated rings. The summed E-state index contributed by atoms with van der Waals surface area (Å²) in [6.45, 7) is 1.49. The second-order valence-electron chi connectivity index (χ2n) is 7.65. The molecule has 0 saturated heterocycles. The topological polar surface area (TPSA) is 111 Å². The van der Waals surface area contributed by atoms with Crippen molar-refractivity contribution in [1.29, 1.82) is 0 Å². The molecule has 0 radical (unpaired) electrons. The molecule has 32 heavy (non-hydrogen) atoms. The van der Waals surface area contributed by atoms with Gasteiger partial charge in [0, 0.05) is 26.6 Å². The van der Waals surface area contributed by atoms with E-state index in [9.17, 15) is 4.79 Å². The molecule has 0 bridgehead atoms. The van der Waals surface area contributed by atoms with Crippen LogP contribution in [0, 0.1) is 0 Å². The first kappa shape index (κ1) is 19.8. The molecule has 1 aliphatic rings. The normalized spacial score (nSPS) is 12.8. The number of fused-ring (bicyclic) bond motifs is 2. The van der Waals surface area contributed by atoms with Crippen molar-refractivity contribution in [2.24, 2.45) is 5.73 Å². The van der Waals surface area contributed by atoms with Crippen LogP contribution < -0.4 is 20.7 Å². The highest BCUT2D eigenvalue weighted by molar-refractivity contribution is 6.04. The SMILES string of the molecule is COc1nc2c(C(N)=O)cccc2n1-c1nc2c(c(NCc3ccccc3)n1)N(C)CC2. The lowest BCUT2D eigenvalue weighted by atomic mass is 10.2. The number of methoxy groups -OCH3 is 1. The molecule has 2 aromatic heterocycles. The molecule has 3 heterocycles. The van der Waals surface area contributed by atoms with Gasteiger partial charge in [0.2, 0.25) is 5.95 Å². The van der Waals surface area contributed by atoms with Crippen LogP contribution in [-0.4, -0.2) is 46.1 Å². The summed E-state index contributed by atoms with van der Waals surface area (Å²) in [4.78, 5) is 28.2. The number of carbonyl (C=O) groups is 1. The second kappa shape index (κ2) is 7.84. The van der Waals surface area contributed by atoms with Crippen molar-refractivity contribution < 1.29 is 9.53 Å². The maximum atomic E-state index is 11.9. The summed E-state index contributed by atoms with van der Waals surface area (Å²) in [7, 11) is 3.56. The minimum atomic E-state index is -0.551. The average molecular weight is 429 g/mol. The molecule has 1 amide bonds. The molecular formula is C23H23N7O2. The van der Waals surface area contributed by atoms with Gasteiger partial charge in [0.15, 0.2) is 5.82 Å². The van der Waals surface area contributed by atoms with Crippen molar-refractivity contribution in [3.8, 4) is 12.0 Å². The van der Waals surface area contributed by atoms with Crippen LogP contribution in [0.4, 0.5) is 11.5 Å². The minimum Gasteiger partial charge on any atom is -0.468 e. The number of nitrogens with zero attached hydrogens (tertiary/aromatic N) is 5. The Morgan fingerprint density at radius 2 is 1.94 bits per heavy atom. The van der Waals surface area contributed by atoms with Crippen molar-refractivity contribution in [2.45, 2.75) is 13.0 Å². The summed E-state index contributed by atoms with van der Waals surface area (Å²) in [6.07, 6.45) is 0.808. The molecule has 9 nitrogen and oxygen atoms in total. The largest absolute Gasteiger partial charge is 0.468 e. The number of benzene rings is 2. The van der Waals surface area contributed by atoms with Gasteiger partial charge in [-0.1, -0.05) is 36.4 Å². The summed E-state index contributed by atoms with van der Waals surface area (Å²) >= 11 is 0. The standard InChI is InChI=1S/C23H23N7O2/c1-29-12-11-16-19(29)21(25-13-14-7-4-3-5-8-14)28-22(26-16)30-17-10-6-9-15(20(24)31)18(17)27-23(30)32-2/h3-10H,11-13H2,1-2H3,(H2,24,31)(H,25,26,28). The number of para-hydroxylation sites is 1. The van der Waals surface area contributed by atoms with Gasteiger partial charge in [0.25, 0.3) is 5.91 Å². The number of amides is 1. The van der Waals surface area contributed by atoms with E-state index in [1.807, 2.05) is 31.3 Å². The van der Waals surface area contributed by atoms with Gasteiger partial charge in [0.05, 0.1) is 23.9 Å². The molecule has 0 unspecified atom stereocenters. The number of ether oxygens (including phenoxy) is 1. The van der Waals surface area contributed by atoms with Crippen LogP contribution >= 0.6 is 0 Å². The summed E-state index contributed by atoms with van der Waals surface area (Å²) in [6, 6.07) is 15.7. The minimum absolute atomic E-state index is 0.286. The van der Waals surface area contributed by atoms with Crippen molar-refractivity contribution in [3.05, 3.63) is 65.4 Å². The molecule has 0 saturated carbocycles. The lowest BCUT2D eigenvalue weighted by molar-refractivity contribution is 0.100. The Bertz CT molecular complexity index is 1320. The quantitative estimate of drug-likeness (QED) is 0.484. The van der Waals surface area contributed by atoms with Crippen LogP contribution in [0.15, 0.2) is 48.5 Å². The van der Waals surface area contributed by atoms with Gasteiger partial charge >= 0.3 is 6.01 Å². The molecule has 4 aromatic rings. The van der Waals surface area contributed by atoms with Crippen molar-refractivity contribution in [2.75, 3.05) is 30.9 Å². The molecular weight excluding hydrogens is 406 g/mol. The third-order valence-corrected chi connectivity index (χ3v) is 5.62. The third kappa shape index (κ3) is 3.27. The maximum absolute atomic E-state index is 11.9. The molecule has 0 atom stereocenters. The number of aromatic nitrogens is 4. The maximum Gasteiger partial charge on any atom is 0.304 e. The van der Waals surface area contributed by atoms with Crippen LogP contribution in [0.5, 0.6) is 6.01 Å². The van der Waals surface area contributed by atoms with Crippen molar-refractivity contribution in [1.82, 2.24) is 19.5 Å². The number of nitrogens with two attached hydrogens (primary N) is 1. The molecule has 1 aliphatic heterocycles. The van der Waals surface area contributed by atoms with Gasteiger partial charge in [0.1, 0.15) is 11.2 Å². The highest BCUT2D eigenvalue weighted by atomic mass is 16.5. The fourth-order valence-electron chi connectivity index (χ4n) is 4.06. The third-order valence-electron chi connectivity index (χ3n) is 5.62. The van der Waals surface area contributed by atoms with E-state index in [1.165, 1.54) is 7.11 Å². The van der Waals surface area contributed by atoms with E-state index in [-0.39, 0.29) is 6.01 Å². The number of primary amides is 1. The summed E-state index contributed by atoms with van der Waals surface area (Å²) < 4.78 is 7.23. The number of rotatable bonds is 6. The summed E-state index contributed by atoms with van der Waals surface area (Å²) in [5.41, 5.74) is 10.1. The highest BCUT2D eigenvalue weighted by Gasteiger charge is 2.26. The predicted molar refractivity (Wildman–Crippen MR) is 122 cm³/mol. The fourth-order valence-corrected chi connectivity index (χ4v) is 4.06. The van der Waals surface area contributed by atoms with E-state index in [2.05, 4.69) is 27.3 Å². The molecule has 9 heteroatoms. The number of anilines is 2. The highest BCUT2D eigenvalue weighted by Crippen LogP contribution is 2.35. The molecule has 3 N–H and O–H groups in total. The van der Waals surface area contributed by atoms with Crippen LogP contribution in [0.3, 0.4) is 0 Å². The van der Waals surface area contributed by atoms with Gasteiger partial charge in [-0.05, 0) is 17.7 Å². The zero-order valence-corrected chi connectivity index (χ0v) is 17.9. The summed E-state index contributed by atoms with van der Waals surface area (Å²) in [5, 5.41) is 3.47. The number of carbonyl (C=O) groups excluding carboxylic acids is 1. The van der Waals surface area contributed by atoms with Crippen LogP contribution in [0.25, 0.3) is 17.0 Å². The van der Waals surface area contributed by atoms with Gasteiger partial charge in [-0.3, -0.25) is 4.79 Å². The number of likely N-dealkylation sites (N-methyl/N-ethyl adjacent to an activating group) is 1. The molecule has 0 aliphatic carbocycles.